The van der Waals surface area contributed by atoms with Crippen molar-refractivity contribution in [1.82, 2.24) is 5.32 Å². The molecule has 2 bridgehead atoms. The second kappa shape index (κ2) is 4.82. The van der Waals surface area contributed by atoms with Gasteiger partial charge < -0.3 is 5.32 Å². The van der Waals surface area contributed by atoms with Gasteiger partial charge in [-0.2, -0.15) is 0 Å². The smallest absolute Gasteiger partial charge is 0.254 e. The predicted molar refractivity (Wildman–Crippen MR) is 79.4 cm³/mol. The number of amides is 1. The van der Waals surface area contributed by atoms with Crippen LogP contribution in [0.3, 0.4) is 0 Å². The Bertz CT molecular complexity index is 585. The molecule has 3 aliphatic rings. The fraction of sp³-hybridized carbons (Fsp3) is 0.611. The van der Waals surface area contributed by atoms with Gasteiger partial charge in [0, 0.05) is 6.04 Å². The molecule has 3 heteroatoms. The number of halogens is 1. The van der Waals surface area contributed by atoms with E-state index < -0.39 is 0 Å². The quantitative estimate of drug-likeness (QED) is 0.883. The van der Waals surface area contributed by atoms with E-state index in [0.717, 1.165) is 24.2 Å². The molecule has 4 rings (SSSR count). The van der Waals surface area contributed by atoms with Crippen molar-refractivity contribution in [3.8, 4) is 0 Å². The van der Waals surface area contributed by atoms with E-state index in [1.165, 1.54) is 25.7 Å². The van der Waals surface area contributed by atoms with Gasteiger partial charge in [-0.1, -0.05) is 18.6 Å². The minimum Gasteiger partial charge on any atom is -0.349 e. The van der Waals surface area contributed by atoms with Crippen LogP contribution >= 0.6 is 0 Å². The molecule has 1 amide bonds. The third-order valence-corrected chi connectivity index (χ3v) is 6.18. The summed E-state index contributed by atoms with van der Waals surface area (Å²) >= 11 is 0. The van der Waals surface area contributed by atoms with Crippen molar-refractivity contribution in [2.45, 2.75) is 45.1 Å². The monoisotopic (exact) mass is 287 g/mol. The van der Waals surface area contributed by atoms with Crippen LogP contribution in [-0.2, 0) is 0 Å². The molecule has 3 saturated carbocycles. The summed E-state index contributed by atoms with van der Waals surface area (Å²) in [6.07, 6.45) is 6.45. The van der Waals surface area contributed by atoms with Gasteiger partial charge in [-0.05, 0) is 67.9 Å². The maximum Gasteiger partial charge on any atom is 0.254 e. The van der Waals surface area contributed by atoms with Crippen molar-refractivity contribution in [2.24, 2.45) is 23.7 Å². The first kappa shape index (κ1) is 13.3. The average Bonchev–Trinajstić information content (AvgIpc) is 3.13. The molecule has 3 fully saturated rings. The standard InChI is InChI=1S/C18H22FNO/c1-10-4-2-7-14(17(10)19)18(21)20-16-9-11-8-15(16)13-6-3-5-12(11)13/h2,4,7,11-13,15-16H,3,5-6,8-9H2,1H3,(H,20,21). The van der Waals surface area contributed by atoms with Crippen LogP contribution in [0.5, 0.6) is 0 Å². The van der Waals surface area contributed by atoms with E-state index in [1.807, 2.05) is 0 Å². The molecule has 1 aromatic rings. The Labute approximate surface area is 125 Å². The maximum absolute atomic E-state index is 14.1. The molecule has 112 valence electrons. The van der Waals surface area contributed by atoms with Crippen LogP contribution in [0.15, 0.2) is 18.2 Å². The molecule has 0 aliphatic heterocycles. The zero-order valence-corrected chi connectivity index (χ0v) is 12.4. The van der Waals surface area contributed by atoms with Crippen LogP contribution < -0.4 is 5.32 Å². The summed E-state index contributed by atoms with van der Waals surface area (Å²) in [5.74, 6) is 2.56. The van der Waals surface area contributed by atoms with Gasteiger partial charge in [0.2, 0.25) is 0 Å². The number of hydrogen-bond acceptors (Lipinski definition) is 1. The van der Waals surface area contributed by atoms with Gasteiger partial charge in [0.15, 0.2) is 0 Å². The Morgan fingerprint density at radius 3 is 2.86 bits per heavy atom. The highest BCUT2D eigenvalue weighted by atomic mass is 19.1. The van der Waals surface area contributed by atoms with Crippen molar-refractivity contribution in [3.05, 3.63) is 35.1 Å². The summed E-state index contributed by atoms with van der Waals surface area (Å²) in [7, 11) is 0. The van der Waals surface area contributed by atoms with E-state index in [1.54, 1.807) is 25.1 Å². The molecule has 1 aromatic carbocycles. The zero-order valence-electron chi connectivity index (χ0n) is 12.4. The lowest BCUT2D eigenvalue weighted by Gasteiger charge is -2.32. The molecule has 0 aromatic heterocycles. The van der Waals surface area contributed by atoms with Crippen molar-refractivity contribution in [2.75, 3.05) is 0 Å². The fourth-order valence-electron chi connectivity index (χ4n) is 5.30. The van der Waals surface area contributed by atoms with Crippen LogP contribution in [-0.4, -0.2) is 11.9 Å². The normalized spacial score (nSPS) is 36.8. The molecule has 0 spiro atoms. The number of aryl methyl sites for hydroxylation is 1. The van der Waals surface area contributed by atoms with Gasteiger partial charge in [0.1, 0.15) is 5.82 Å². The van der Waals surface area contributed by atoms with Crippen molar-refractivity contribution in [3.63, 3.8) is 0 Å². The van der Waals surface area contributed by atoms with Gasteiger partial charge in [-0.3, -0.25) is 4.79 Å². The van der Waals surface area contributed by atoms with E-state index in [4.69, 9.17) is 0 Å². The lowest BCUT2D eigenvalue weighted by molar-refractivity contribution is 0.0897. The molecule has 3 aliphatic carbocycles. The van der Waals surface area contributed by atoms with Crippen LogP contribution in [0.4, 0.5) is 4.39 Å². The van der Waals surface area contributed by atoms with Gasteiger partial charge in [-0.25, -0.2) is 4.39 Å². The maximum atomic E-state index is 14.1. The third-order valence-electron chi connectivity index (χ3n) is 6.18. The lowest BCUT2D eigenvalue weighted by Crippen LogP contribution is -2.42. The Kier molecular flexibility index (Phi) is 3.05. The Morgan fingerprint density at radius 2 is 2.00 bits per heavy atom. The lowest BCUT2D eigenvalue weighted by atomic mass is 9.79. The summed E-state index contributed by atoms with van der Waals surface area (Å²) in [5, 5.41) is 3.13. The zero-order chi connectivity index (χ0) is 14.6. The van der Waals surface area contributed by atoms with Crippen molar-refractivity contribution < 1.29 is 9.18 Å². The molecule has 21 heavy (non-hydrogen) atoms. The molecule has 5 atom stereocenters. The van der Waals surface area contributed by atoms with Gasteiger partial charge in [-0.15, -0.1) is 0 Å². The number of carbonyl (C=O) groups excluding carboxylic acids is 1. The Hall–Kier alpha value is -1.38. The van der Waals surface area contributed by atoms with Crippen molar-refractivity contribution >= 4 is 5.91 Å². The molecule has 0 heterocycles. The fourth-order valence-corrected chi connectivity index (χ4v) is 5.30. The highest BCUT2D eigenvalue weighted by Gasteiger charge is 2.54. The number of benzene rings is 1. The molecule has 2 nitrogen and oxygen atoms in total. The van der Waals surface area contributed by atoms with E-state index in [9.17, 15) is 9.18 Å². The molecule has 5 unspecified atom stereocenters. The minimum atomic E-state index is -0.378. The Morgan fingerprint density at radius 1 is 1.19 bits per heavy atom. The second-order valence-corrected chi connectivity index (χ2v) is 7.17. The van der Waals surface area contributed by atoms with E-state index in [0.29, 0.717) is 11.5 Å². The first-order chi connectivity index (χ1) is 10.1. The number of rotatable bonds is 2. The average molecular weight is 287 g/mol. The van der Waals surface area contributed by atoms with Crippen LogP contribution in [0.1, 0.15) is 48.0 Å². The third kappa shape index (κ3) is 2.01. The first-order valence-electron chi connectivity index (χ1n) is 8.21. The minimum absolute atomic E-state index is 0.195. The van der Waals surface area contributed by atoms with Crippen LogP contribution in [0.2, 0.25) is 0 Å². The number of nitrogens with one attached hydrogen (secondary N) is 1. The van der Waals surface area contributed by atoms with Gasteiger partial charge in [0.05, 0.1) is 5.56 Å². The van der Waals surface area contributed by atoms with E-state index in [2.05, 4.69) is 5.32 Å². The van der Waals surface area contributed by atoms with Crippen LogP contribution in [0.25, 0.3) is 0 Å². The van der Waals surface area contributed by atoms with Gasteiger partial charge >= 0.3 is 0 Å². The molecule has 1 N–H and O–H groups in total. The van der Waals surface area contributed by atoms with E-state index in [-0.39, 0.29) is 23.3 Å². The SMILES string of the molecule is Cc1cccc(C(=O)NC2CC3CC2C2CCCC32)c1F. The molecule has 0 radical (unpaired) electrons. The topological polar surface area (TPSA) is 29.1 Å². The van der Waals surface area contributed by atoms with Crippen molar-refractivity contribution in [1.29, 1.82) is 0 Å². The largest absolute Gasteiger partial charge is 0.349 e. The van der Waals surface area contributed by atoms with Gasteiger partial charge in [0.25, 0.3) is 5.91 Å². The number of fused-ring (bicyclic) bond motifs is 5. The summed E-state index contributed by atoms with van der Waals surface area (Å²) in [5.41, 5.74) is 0.729. The predicted octanol–water partition coefficient (Wildman–Crippen LogP) is 3.69. The summed E-state index contributed by atoms with van der Waals surface area (Å²) < 4.78 is 14.1. The number of carbonyl (C=O) groups is 1. The highest BCUT2D eigenvalue weighted by molar-refractivity contribution is 5.94. The second-order valence-electron chi connectivity index (χ2n) is 7.17. The van der Waals surface area contributed by atoms with E-state index >= 15 is 0 Å². The molecule has 0 saturated heterocycles. The summed E-state index contributed by atoms with van der Waals surface area (Å²) in [4.78, 5) is 12.4. The summed E-state index contributed by atoms with van der Waals surface area (Å²) in [6.45, 7) is 1.70. The Balaban J connectivity index is 1.50. The highest BCUT2D eigenvalue weighted by Crippen LogP contribution is 2.58. The number of hydrogen-bond donors (Lipinski definition) is 1. The molecular weight excluding hydrogens is 265 g/mol. The van der Waals surface area contributed by atoms with Crippen LogP contribution in [0, 0.1) is 36.4 Å². The first-order valence-corrected chi connectivity index (χ1v) is 8.21. The molecular formula is C18H22FNO. The summed E-state index contributed by atoms with van der Waals surface area (Å²) in [6, 6.07) is 5.30.